The average molecular weight is 421 g/mol. The highest BCUT2D eigenvalue weighted by atomic mass is 35.5. The van der Waals surface area contributed by atoms with E-state index in [-0.39, 0.29) is 18.0 Å². The van der Waals surface area contributed by atoms with Crippen LogP contribution >= 0.6 is 23.4 Å². The smallest absolute Gasteiger partial charge is 0.253 e. The lowest BCUT2D eigenvalue weighted by molar-refractivity contribution is 0.0949. The highest BCUT2D eigenvalue weighted by Crippen LogP contribution is 2.35. The highest BCUT2D eigenvalue weighted by molar-refractivity contribution is 8.00. The molecule has 0 aliphatic carbocycles. The van der Waals surface area contributed by atoms with Crippen LogP contribution in [0.5, 0.6) is 0 Å². The van der Waals surface area contributed by atoms with E-state index >= 15 is 0 Å². The topological polar surface area (TPSA) is 71.2 Å². The number of nitrogens with one attached hydrogen (secondary N) is 2. The first kappa shape index (κ1) is 21.0. The van der Waals surface area contributed by atoms with Crippen LogP contribution in [0.3, 0.4) is 0 Å². The van der Waals surface area contributed by atoms with E-state index in [2.05, 4.69) is 10.3 Å². The number of amides is 1. The summed E-state index contributed by atoms with van der Waals surface area (Å²) in [6.45, 7) is 7.37. The van der Waals surface area contributed by atoms with Crippen molar-refractivity contribution in [1.82, 2.24) is 10.3 Å². The lowest BCUT2D eigenvalue weighted by Gasteiger charge is -2.23. The number of carbonyl (C=O) groups excluding carboxylic acids is 1. The first-order valence-corrected chi connectivity index (χ1v) is 10.6. The number of halogens is 1. The Hall–Kier alpha value is -1.76. The number of hydrogen-bond donors (Lipinski definition) is 2. The summed E-state index contributed by atoms with van der Waals surface area (Å²) in [5.41, 5.74) is 3.51. The number of aromatic nitrogens is 1. The fourth-order valence-corrected chi connectivity index (χ4v) is 4.90. The largest absolute Gasteiger partial charge is 0.381 e. The number of thioether (sulfide) groups is 1. The van der Waals surface area contributed by atoms with E-state index < -0.39 is 0 Å². The first-order valence-electron chi connectivity index (χ1n) is 9.37. The number of aromatic amines is 1. The van der Waals surface area contributed by atoms with Crippen molar-refractivity contribution in [3.63, 3.8) is 0 Å². The fraction of sp³-hybridized carbons (Fsp3) is 0.429. The Balaban J connectivity index is 1.77. The van der Waals surface area contributed by atoms with Gasteiger partial charge in [0.2, 0.25) is 0 Å². The van der Waals surface area contributed by atoms with Crippen LogP contribution in [0.15, 0.2) is 27.9 Å². The van der Waals surface area contributed by atoms with Crippen LogP contribution in [-0.4, -0.2) is 29.4 Å². The van der Waals surface area contributed by atoms with Gasteiger partial charge in [-0.25, -0.2) is 0 Å². The van der Waals surface area contributed by atoms with Gasteiger partial charge in [-0.15, -0.1) is 11.8 Å². The molecule has 0 atom stereocenters. The Morgan fingerprint density at radius 2 is 1.96 bits per heavy atom. The number of rotatable bonds is 5. The summed E-state index contributed by atoms with van der Waals surface area (Å²) in [5.74, 6) is -0.229. The summed E-state index contributed by atoms with van der Waals surface area (Å²) in [4.78, 5) is 28.8. The van der Waals surface area contributed by atoms with Gasteiger partial charge in [-0.05, 0) is 62.9 Å². The zero-order valence-corrected chi connectivity index (χ0v) is 17.9. The van der Waals surface area contributed by atoms with Gasteiger partial charge < -0.3 is 15.0 Å². The summed E-state index contributed by atoms with van der Waals surface area (Å²) in [7, 11) is 0. The maximum absolute atomic E-state index is 12.8. The average Bonchev–Trinajstić information content (AvgIpc) is 2.64. The Morgan fingerprint density at radius 1 is 1.25 bits per heavy atom. The minimum Gasteiger partial charge on any atom is -0.381 e. The summed E-state index contributed by atoms with van der Waals surface area (Å²) >= 11 is 8.05. The molecule has 1 aromatic heterocycles. The first-order chi connectivity index (χ1) is 13.3. The SMILES string of the molecule is Cc1cc(C)c(CNC(=O)c2cc(Cl)cc(SC3CCOCC3)c2C)c(=O)[nH]1. The van der Waals surface area contributed by atoms with Crippen LogP contribution in [0, 0.1) is 20.8 Å². The van der Waals surface area contributed by atoms with Crippen molar-refractivity contribution in [2.75, 3.05) is 13.2 Å². The lowest BCUT2D eigenvalue weighted by atomic mass is 10.1. The predicted molar refractivity (Wildman–Crippen MR) is 114 cm³/mol. The third-order valence-corrected chi connectivity index (χ3v) is 6.65. The van der Waals surface area contributed by atoms with E-state index in [1.807, 2.05) is 32.9 Å². The minimum absolute atomic E-state index is 0.170. The van der Waals surface area contributed by atoms with Gasteiger partial charge in [0.25, 0.3) is 11.5 Å². The Labute approximate surface area is 174 Å². The van der Waals surface area contributed by atoms with E-state index in [1.54, 1.807) is 17.8 Å². The zero-order chi connectivity index (χ0) is 20.3. The summed E-state index contributed by atoms with van der Waals surface area (Å²) in [6, 6.07) is 5.51. The summed E-state index contributed by atoms with van der Waals surface area (Å²) in [6.07, 6.45) is 1.99. The molecule has 0 bridgehead atoms. The van der Waals surface area contributed by atoms with Crippen LogP contribution in [0.4, 0.5) is 0 Å². The molecule has 5 nitrogen and oxygen atoms in total. The predicted octanol–water partition coefficient (Wildman–Crippen LogP) is 4.15. The molecule has 1 amide bonds. The second-order valence-corrected chi connectivity index (χ2v) is 8.91. The molecule has 0 spiro atoms. The second-order valence-electron chi connectivity index (χ2n) is 7.13. The maximum atomic E-state index is 12.8. The molecule has 150 valence electrons. The van der Waals surface area contributed by atoms with Crippen molar-refractivity contribution >= 4 is 29.3 Å². The molecule has 0 saturated carbocycles. The molecule has 1 saturated heterocycles. The molecule has 1 aliphatic heterocycles. The molecule has 3 rings (SSSR count). The van der Waals surface area contributed by atoms with Crippen molar-refractivity contribution in [1.29, 1.82) is 0 Å². The van der Waals surface area contributed by atoms with Crippen molar-refractivity contribution < 1.29 is 9.53 Å². The van der Waals surface area contributed by atoms with Gasteiger partial charge in [0.05, 0.1) is 0 Å². The van der Waals surface area contributed by atoms with Gasteiger partial charge in [0.15, 0.2) is 0 Å². The monoisotopic (exact) mass is 420 g/mol. The molecule has 0 radical (unpaired) electrons. The van der Waals surface area contributed by atoms with Gasteiger partial charge in [0, 0.05) is 51.7 Å². The highest BCUT2D eigenvalue weighted by Gasteiger charge is 2.20. The molecule has 7 heteroatoms. The Bertz CT molecular complexity index is 936. The maximum Gasteiger partial charge on any atom is 0.253 e. The third-order valence-electron chi connectivity index (χ3n) is 4.95. The molecule has 1 aromatic carbocycles. The number of pyridine rings is 1. The molecule has 2 aromatic rings. The Kier molecular flexibility index (Phi) is 6.86. The third kappa shape index (κ3) is 4.99. The molecule has 28 heavy (non-hydrogen) atoms. The van der Waals surface area contributed by atoms with Crippen molar-refractivity contribution in [3.05, 3.63) is 61.5 Å². The number of benzene rings is 1. The van der Waals surface area contributed by atoms with Crippen molar-refractivity contribution in [3.8, 4) is 0 Å². The van der Waals surface area contributed by atoms with Gasteiger partial charge in [-0.1, -0.05) is 11.6 Å². The van der Waals surface area contributed by atoms with Crippen LogP contribution in [0.1, 0.15) is 45.6 Å². The van der Waals surface area contributed by atoms with E-state index in [0.29, 0.717) is 21.4 Å². The second kappa shape index (κ2) is 9.16. The molecule has 1 fully saturated rings. The van der Waals surface area contributed by atoms with E-state index in [0.717, 1.165) is 47.8 Å². The summed E-state index contributed by atoms with van der Waals surface area (Å²) in [5, 5.41) is 3.87. The quantitative estimate of drug-likeness (QED) is 0.762. The number of ether oxygens (including phenoxy) is 1. The molecular weight excluding hydrogens is 396 g/mol. The number of carbonyl (C=O) groups is 1. The van der Waals surface area contributed by atoms with Crippen LogP contribution in [0.25, 0.3) is 0 Å². The number of hydrogen-bond acceptors (Lipinski definition) is 4. The van der Waals surface area contributed by atoms with E-state index in [1.165, 1.54) is 0 Å². The lowest BCUT2D eigenvalue weighted by Crippen LogP contribution is -2.28. The van der Waals surface area contributed by atoms with E-state index in [9.17, 15) is 9.59 Å². The van der Waals surface area contributed by atoms with Crippen molar-refractivity contribution in [2.45, 2.75) is 50.3 Å². The fourth-order valence-electron chi connectivity index (χ4n) is 3.35. The standard InChI is InChI=1S/C21H25ClN2O3S/c1-12-8-13(2)24-21(26)18(12)11-23-20(25)17-9-15(22)10-19(14(17)3)28-16-4-6-27-7-5-16/h8-10,16H,4-7,11H2,1-3H3,(H,23,25)(H,24,26). The van der Waals surface area contributed by atoms with Crippen LogP contribution in [-0.2, 0) is 11.3 Å². The van der Waals surface area contributed by atoms with E-state index in [4.69, 9.17) is 16.3 Å². The van der Waals surface area contributed by atoms with Gasteiger partial charge in [-0.3, -0.25) is 9.59 Å². The van der Waals surface area contributed by atoms with Crippen LogP contribution < -0.4 is 10.9 Å². The van der Waals surface area contributed by atoms with Gasteiger partial charge >= 0.3 is 0 Å². The Morgan fingerprint density at radius 3 is 2.64 bits per heavy atom. The minimum atomic E-state index is -0.229. The number of H-pyrrole nitrogens is 1. The normalized spacial score (nSPS) is 14.9. The molecule has 0 unspecified atom stereocenters. The number of aryl methyl sites for hydroxylation is 2. The molecule has 2 N–H and O–H groups in total. The van der Waals surface area contributed by atoms with Gasteiger partial charge in [0.1, 0.15) is 0 Å². The molecule has 2 heterocycles. The van der Waals surface area contributed by atoms with Crippen molar-refractivity contribution in [2.24, 2.45) is 0 Å². The van der Waals surface area contributed by atoms with Crippen LogP contribution in [0.2, 0.25) is 5.02 Å². The summed E-state index contributed by atoms with van der Waals surface area (Å²) < 4.78 is 5.42. The molecule has 1 aliphatic rings. The zero-order valence-electron chi connectivity index (χ0n) is 16.4. The van der Waals surface area contributed by atoms with Gasteiger partial charge in [-0.2, -0.15) is 0 Å². The molecular formula is C21H25ClN2O3S.